The molecule has 1 aliphatic heterocycles. The fourth-order valence-electron chi connectivity index (χ4n) is 2.67. The summed E-state index contributed by atoms with van der Waals surface area (Å²) in [4.78, 5) is 14.2. The van der Waals surface area contributed by atoms with Crippen molar-refractivity contribution >= 4 is 21.6 Å². The zero-order valence-electron chi connectivity index (χ0n) is 13.3. The second kappa shape index (κ2) is 7.37. The van der Waals surface area contributed by atoms with Crippen LogP contribution in [0.1, 0.15) is 19.8 Å². The number of carbonyl (C=O) groups is 1. The van der Waals surface area contributed by atoms with Crippen molar-refractivity contribution in [2.24, 2.45) is 0 Å². The zero-order chi connectivity index (χ0) is 17.0. The van der Waals surface area contributed by atoms with Gasteiger partial charge < -0.3 is 5.32 Å². The highest BCUT2D eigenvalue weighted by atomic mass is 32.2. The van der Waals surface area contributed by atoms with E-state index in [1.165, 1.54) is 12.1 Å². The third kappa shape index (κ3) is 5.26. The molecule has 1 aromatic carbocycles. The lowest BCUT2D eigenvalue weighted by atomic mass is 10.0. The van der Waals surface area contributed by atoms with E-state index in [9.17, 15) is 17.6 Å². The van der Waals surface area contributed by atoms with Gasteiger partial charge in [-0.25, -0.2) is 17.5 Å². The van der Waals surface area contributed by atoms with Gasteiger partial charge in [0.2, 0.25) is 15.9 Å². The van der Waals surface area contributed by atoms with Gasteiger partial charge in [0.25, 0.3) is 0 Å². The Morgan fingerprint density at radius 1 is 1.30 bits per heavy atom. The molecule has 23 heavy (non-hydrogen) atoms. The summed E-state index contributed by atoms with van der Waals surface area (Å²) in [6.07, 6.45) is 2.43. The van der Waals surface area contributed by atoms with Gasteiger partial charge in [-0.2, -0.15) is 0 Å². The van der Waals surface area contributed by atoms with Crippen molar-refractivity contribution in [3.63, 3.8) is 0 Å². The third-order valence-corrected chi connectivity index (χ3v) is 4.73. The van der Waals surface area contributed by atoms with Gasteiger partial charge in [0.15, 0.2) is 0 Å². The van der Waals surface area contributed by atoms with Crippen LogP contribution in [0.15, 0.2) is 24.3 Å². The van der Waals surface area contributed by atoms with E-state index in [0.29, 0.717) is 25.9 Å². The summed E-state index contributed by atoms with van der Waals surface area (Å²) in [6, 6.07) is 5.53. The number of benzene rings is 1. The minimum Gasteiger partial charge on any atom is -0.322 e. The van der Waals surface area contributed by atoms with Gasteiger partial charge in [-0.1, -0.05) is 12.1 Å². The molecule has 2 rings (SSSR count). The number of sulfonamides is 1. The van der Waals surface area contributed by atoms with E-state index in [2.05, 4.69) is 10.0 Å². The third-order valence-electron chi connectivity index (χ3n) is 3.97. The number of para-hydroxylation sites is 1. The van der Waals surface area contributed by atoms with Crippen LogP contribution in [0.25, 0.3) is 0 Å². The molecule has 1 aromatic rings. The number of piperidine rings is 1. The molecule has 0 spiro atoms. The minimum absolute atomic E-state index is 0.0944. The van der Waals surface area contributed by atoms with Crippen LogP contribution < -0.4 is 10.0 Å². The lowest BCUT2D eigenvalue weighted by molar-refractivity contribution is -0.121. The van der Waals surface area contributed by atoms with Crippen molar-refractivity contribution in [2.45, 2.75) is 31.8 Å². The van der Waals surface area contributed by atoms with Gasteiger partial charge in [0.05, 0.1) is 18.0 Å². The molecule has 0 radical (unpaired) electrons. The maximum Gasteiger partial charge on any atom is 0.241 e. The standard InChI is InChI=1S/C15H22FN3O3S/c1-11(15(20)17-14-6-4-3-5-13(14)16)19-9-7-12(8-10-19)18-23(2,21)22/h3-6,11-12,18H,7-10H2,1-2H3,(H,17,20). The first-order chi connectivity index (χ1) is 10.8. The summed E-state index contributed by atoms with van der Waals surface area (Å²) in [7, 11) is -3.21. The molecule has 1 amide bonds. The number of halogens is 1. The lowest BCUT2D eigenvalue weighted by Gasteiger charge is -2.35. The molecule has 6 nitrogen and oxygen atoms in total. The number of nitrogens with one attached hydrogen (secondary N) is 2. The van der Waals surface area contributed by atoms with Crippen LogP contribution in [0.2, 0.25) is 0 Å². The zero-order valence-corrected chi connectivity index (χ0v) is 14.1. The molecule has 8 heteroatoms. The number of hydrogen-bond acceptors (Lipinski definition) is 4. The number of amides is 1. The summed E-state index contributed by atoms with van der Waals surface area (Å²) in [5.41, 5.74) is 0.165. The molecule has 1 saturated heterocycles. The molecule has 0 aliphatic carbocycles. The number of rotatable bonds is 5. The molecule has 1 unspecified atom stereocenters. The Morgan fingerprint density at radius 3 is 2.48 bits per heavy atom. The van der Waals surface area contributed by atoms with Gasteiger partial charge in [0.1, 0.15) is 5.82 Å². The summed E-state index contributed by atoms with van der Waals surface area (Å²) in [6.45, 7) is 2.98. The van der Waals surface area contributed by atoms with Crippen LogP contribution in [0, 0.1) is 5.82 Å². The molecule has 1 heterocycles. The van der Waals surface area contributed by atoms with Crippen molar-refractivity contribution in [3.8, 4) is 0 Å². The van der Waals surface area contributed by atoms with E-state index in [-0.39, 0.29) is 17.6 Å². The van der Waals surface area contributed by atoms with Crippen molar-refractivity contribution in [1.82, 2.24) is 9.62 Å². The first-order valence-electron chi connectivity index (χ1n) is 7.53. The Kier molecular flexibility index (Phi) is 5.72. The van der Waals surface area contributed by atoms with Gasteiger partial charge in [-0.3, -0.25) is 9.69 Å². The molecule has 0 saturated carbocycles. The van der Waals surface area contributed by atoms with E-state index in [1.807, 2.05) is 4.90 Å². The van der Waals surface area contributed by atoms with E-state index in [0.717, 1.165) is 6.26 Å². The first kappa shape index (κ1) is 17.8. The van der Waals surface area contributed by atoms with Crippen molar-refractivity contribution in [2.75, 3.05) is 24.7 Å². The smallest absolute Gasteiger partial charge is 0.241 e. The number of likely N-dealkylation sites (tertiary alicyclic amines) is 1. The van der Waals surface area contributed by atoms with Crippen LogP contribution >= 0.6 is 0 Å². The summed E-state index contributed by atoms with van der Waals surface area (Å²) >= 11 is 0. The fourth-order valence-corrected chi connectivity index (χ4v) is 3.51. The van der Waals surface area contributed by atoms with E-state index >= 15 is 0 Å². The molecule has 1 atom stereocenters. The summed E-state index contributed by atoms with van der Waals surface area (Å²) in [5, 5.41) is 2.59. The SMILES string of the molecule is CC(C(=O)Nc1ccccc1F)N1CCC(NS(C)(=O)=O)CC1. The normalized spacial score (nSPS) is 18.6. The fraction of sp³-hybridized carbons (Fsp3) is 0.533. The van der Waals surface area contributed by atoms with Crippen LogP contribution in [0.3, 0.4) is 0 Å². The highest BCUT2D eigenvalue weighted by Crippen LogP contribution is 2.17. The molecule has 0 bridgehead atoms. The maximum absolute atomic E-state index is 13.6. The molecular formula is C15H22FN3O3S. The van der Waals surface area contributed by atoms with Gasteiger partial charge in [-0.05, 0) is 31.9 Å². The molecule has 2 N–H and O–H groups in total. The monoisotopic (exact) mass is 343 g/mol. The largest absolute Gasteiger partial charge is 0.322 e. The van der Waals surface area contributed by atoms with Crippen LogP contribution in [-0.4, -0.2) is 50.7 Å². The van der Waals surface area contributed by atoms with Gasteiger partial charge in [-0.15, -0.1) is 0 Å². The average Bonchev–Trinajstić information content (AvgIpc) is 2.48. The second-order valence-electron chi connectivity index (χ2n) is 5.85. The van der Waals surface area contributed by atoms with Crippen LogP contribution in [0.5, 0.6) is 0 Å². The van der Waals surface area contributed by atoms with E-state index in [1.54, 1.807) is 19.1 Å². The Bertz CT molecular complexity index is 658. The molecular weight excluding hydrogens is 321 g/mol. The maximum atomic E-state index is 13.6. The highest BCUT2D eigenvalue weighted by Gasteiger charge is 2.28. The summed E-state index contributed by atoms with van der Waals surface area (Å²) in [5.74, 6) is -0.742. The predicted octanol–water partition coefficient (Wildman–Crippen LogP) is 1.17. The number of carbonyl (C=O) groups excluding carboxylic acids is 1. The highest BCUT2D eigenvalue weighted by molar-refractivity contribution is 7.88. The Hall–Kier alpha value is -1.51. The summed E-state index contributed by atoms with van der Waals surface area (Å²) < 4.78 is 38.6. The van der Waals surface area contributed by atoms with Crippen LogP contribution in [0.4, 0.5) is 10.1 Å². The lowest BCUT2D eigenvalue weighted by Crippen LogP contribution is -2.50. The molecule has 1 fully saturated rings. The Labute approximate surface area is 136 Å². The van der Waals surface area contributed by atoms with Crippen LogP contribution in [-0.2, 0) is 14.8 Å². The van der Waals surface area contributed by atoms with Crippen molar-refractivity contribution in [3.05, 3.63) is 30.1 Å². The Balaban J connectivity index is 1.88. The van der Waals surface area contributed by atoms with E-state index in [4.69, 9.17) is 0 Å². The molecule has 128 valence electrons. The number of anilines is 1. The quantitative estimate of drug-likeness (QED) is 0.841. The van der Waals surface area contributed by atoms with Crippen molar-refractivity contribution in [1.29, 1.82) is 0 Å². The number of nitrogens with zero attached hydrogens (tertiary/aromatic N) is 1. The molecule has 0 aromatic heterocycles. The second-order valence-corrected chi connectivity index (χ2v) is 7.63. The van der Waals surface area contributed by atoms with Crippen molar-refractivity contribution < 1.29 is 17.6 Å². The minimum atomic E-state index is -3.21. The topological polar surface area (TPSA) is 78.5 Å². The predicted molar refractivity (Wildman–Crippen MR) is 87.1 cm³/mol. The Morgan fingerprint density at radius 2 is 1.91 bits per heavy atom. The molecule has 1 aliphatic rings. The van der Waals surface area contributed by atoms with Gasteiger partial charge >= 0.3 is 0 Å². The average molecular weight is 343 g/mol. The van der Waals surface area contributed by atoms with Gasteiger partial charge in [0, 0.05) is 19.1 Å². The van der Waals surface area contributed by atoms with E-state index < -0.39 is 21.9 Å². The first-order valence-corrected chi connectivity index (χ1v) is 9.42. The number of hydrogen-bond donors (Lipinski definition) is 2.